The first-order valence-corrected chi connectivity index (χ1v) is 7.12. The first kappa shape index (κ1) is 15.1. The van der Waals surface area contributed by atoms with E-state index in [1.165, 1.54) is 25.2 Å². The molecule has 1 aromatic carbocycles. The van der Waals surface area contributed by atoms with E-state index in [0.29, 0.717) is 5.75 Å². The largest absolute Gasteiger partial charge is 0.478 e. The zero-order valence-electron chi connectivity index (χ0n) is 11.6. The van der Waals surface area contributed by atoms with Gasteiger partial charge in [-0.25, -0.2) is 4.79 Å². The second-order valence-electron chi connectivity index (χ2n) is 4.74. The Morgan fingerprint density at radius 1 is 1.29 bits per heavy atom. The molecule has 5 nitrogen and oxygen atoms in total. The van der Waals surface area contributed by atoms with Crippen LogP contribution in [-0.4, -0.2) is 22.9 Å². The number of aliphatic carboxylic acids is 1. The van der Waals surface area contributed by atoms with E-state index in [1.807, 2.05) is 17.5 Å². The lowest BCUT2D eigenvalue weighted by Gasteiger charge is -2.21. The monoisotopic (exact) mass is 305 g/mol. The summed E-state index contributed by atoms with van der Waals surface area (Å²) in [5.41, 5.74) is -0.440. The van der Waals surface area contributed by atoms with Crippen molar-refractivity contribution >= 4 is 23.5 Å². The zero-order chi connectivity index (χ0) is 15.3. The lowest BCUT2D eigenvalue weighted by molar-refractivity contribution is -0.152. The van der Waals surface area contributed by atoms with Crippen LogP contribution in [0.4, 0.5) is 0 Å². The van der Waals surface area contributed by atoms with Crippen molar-refractivity contribution in [1.29, 1.82) is 0 Å². The van der Waals surface area contributed by atoms with Crippen molar-refractivity contribution in [3.05, 3.63) is 47.3 Å². The highest BCUT2D eigenvalue weighted by Gasteiger charge is 2.29. The predicted octanol–water partition coefficient (Wildman–Crippen LogP) is 3.40. The van der Waals surface area contributed by atoms with Gasteiger partial charge in [-0.15, -0.1) is 11.3 Å². The quantitative estimate of drug-likeness (QED) is 0.656. The summed E-state index contributed by atoms with van der Waals surface area (Å²) in [5.74, 6) is -0.531. The Hall–Kier alpha value is -2.34. The summed E-state index contributed by atoms with van der Waals surface area (Å²) >= 11 is 1.46. The molecule has 0 aliphatic rings. The molecule has 0 radical (unpaired) electrons. The van der Waals surface area contributed by atoms with Gasteiger partial charge in [0.25, 0.3) is 0 Å². The smallest absolute Gasteiger partial charge is 0.347 e. The molecule has 0 aliphatic carbocycles. The highest BCUT2D eigenvalue weighted by Crippen LogP contribution is 2.20. The minimum atomic E-state index is -1.27. The minimum Gasteiger partial charge on any atom is -0.478 e. The molecule has 2 rings (SSSR count). The van der Waals surface area contributed by atoms with Crippen molar-refractivity contribution in [1.82, 2.24) is 0 Å². The number of nitrogens with zero attached hydrogens (tertiary/aromatic N) is 1. The normalized spacial score (nSPS) is 11.5. The molecule has 2 aromatic rings. The maximum atomic E-state index is 11.0. The summed E-state index contributed by atoms with van der Waals surface area (Å²) in [6, 6.07) is 10.6. The Bertz CT molecular complexity index is 618. The van der Waals surface area contributed by atoms with E-state index < -0.39 is 11.6 Å². The second-order valence-corrected chi connectivity index (χ2v) is 5.65. The van der Waals surface area contributed by atoms with Gasteiger partial charge in [0.05, 0.1) is 6.21 Å². The second kappa shape index (κ2) is 6.41. The average molecular weight is 305 g/mol. The molecule has 0 unspecified atom stereocenters. The molecular weight excluding hydrogens is 290 g/mol. The van der Waals surface area contributed by atoms with Crippen molar-refractivity contribution < 1.29 is 19.5 Å². The molecule has 6 heteroatoms. The molecule has 0 aliphatic heterocycles. The highest BCUT2D eigenvalue weighted by molar-refractivity contribution is 7.11. The Labute approximate surface area is 126 Å². The van der Waals surface area contributed by atoms with Gasteiger partial charge in [-0.1, -0.05) is 5.16 Å². The third kappa shape index (κ3) is 4.32. The van der Waals surface area contributed by atoms with E-state index in [1.54, 1.807) is 30.5 Å². The Balaban J connectivity index is 1.96. The highest BCUT2D eigenvalue weighted by atomic mass is 32.1. The standard InChI is InChI=1S/C15H15NO4S/c1-15(2,14(17)18)19-12-7-5-11(6-8-12)10-16-20-13-4-3-9-21-13/h3-10H,1-2H3,(H,17,18). The molecular formula is C15H15NO4S. The van der Waals surface area contributed by atoms with Gasteiger partial charge in [0, 0.05) is 0 Å². The van der Waals surface area contributed by atoms with Crippen LogP contribution in [0.5, 0.6) is 10.8 Å². The van der Waals surface area contributed by atoms with Crippen molar-refractivity contribution in [3.8, 4) is 10.8 Å². The van der Waals surface area contributed by atoms with Crippen LogP contribution in [0, 0.1) is 0 Å². The molecule has 0 spiro atoms. The van der Waals surface area contributed by atoms with E-state index in [4.69, 9.17) is 14.7 Å². The Morgan fingerprint density at radius 3 is 2.57 bits per heavy atom. The van der Waals surface area contributed by atoms with Crippen LogP contribution < -0.4 is 9.57 Å². The summed E-state index contributed by atoms with van der Waals surface area (Å²) in [6.07, 6.45) is 1.58. The number of thiophene rings is 1. The number of carboxylic acid groups (broad SMARTS) is 1. The predicted molar refractivity (Wildman–Crippen MR) is 81.3 cm³/mol. The molecule has 110 valence electrons. The van der Waals surface area contributed by atoms with Crippen molar-refractivity contribution in [2.45, 2.75) is 19.4 Å². The van der Waals surface area contributed by atoms with Gasteiger partial charge in [-0.2, -0.15) is 0 Å². The number of carbonyl (C=O) groups is 1. The lowest BCUT2D eigenvalue weighted by Crippen LogP contribution is -2.37. The third-order valence-electron chi connectivity index (χ3n) is 2.61. The maximum Gasteiger partial charge on any atom is 0.347 e. The van der Waals surface area contributed by atoms with Gasteiger partial charge in [-0.05, 0) is 61.2 Å². The first-order chi connectivity index (χ1) is 9.97. The lowest BCUT2D eigenvalue weighted by atomic mass is 10.1. The summed E-state index contributed by atoms with van der Waals surface area (Å²) in [7, 11) is 0. The number of benzene rings is 1. The summed E-state index contributed by atoms with van der Waals surface area (Å²) in [6.45, 7) is 3.00. The minimum absolute atomic E-state index is 0.485. The molecule has 0 fully saturated rings. The first-order valence-electron chi connectivity index (χ1n) is 6.24. The SMILES string of the molecule is CC(C)(Oc1ccc(C=NOc2cccs2)cc1)C(=O)O. The van der Waals surface area contributed by atoms with Gasteiger partial charge in [-0.3, -0.25) is 0 Å². The van der Waals surface area contributed by atoms with E-state index in [-0.39, 0.29) is 0 Å². The summed E-state index contributed by atoms with van der Waals surface area (Å²) in [5, 5.41) is 15.5. The number of oxime groups is 1. The topological polar surface area (TPSA) is 68.1 Å². The van der Waals surface area contributed by atoms with Crippen LogP contribution in [0.3, 0.4) is 0 Å². The molecule has 21 heavy (non-hydrogen) atoms. The molecule has 0 saturated heterocycles. The number of carboxylic acids is 1. The van der Waals surface area contributed by atoms with Crippen molar-refractivity contribution in [3.63, 3.8) is 0 Å². The molecule has 0 bridgehead atoms. The summed E-state index contributed by atoms with van der Waals surface area (Å²) < 4.78 is 5.41. The number of ether oxygens (including phenoxy) is 1. The van der Waals surface area contributed by atoms with E-state index >= 15 is 0 Å². The van der Waals surface area contributed by atoms with Gasteiger partial charge in [0.1, 0.15) is 5.75 Å². The molecule has 0 amide bonds. The fourth-order valence-corrected chi connectivity index (χ4v) is 1.95. The van der Waals surface area contributed by atoms with Crippen LogP contribution in [0.15, 0.2) is 46.9 Å². The van der Waals surface area contributed by atoms with Crippen LogP contribution in [0.2, 0.25) is 0 Å². The molecule has 1 heterocycles. The molecule has 1 N–H and O–H groups in total. The van der Waals surface area contributed by atoms with Crippen molar-refractivity contribution in [2.75, 3.05) is 0 Å². The van der Waals surface area contributed by atoms with E-state index in [9.17, 15) is 4.79 Å². The fraction of sp³-hybridized carbons (Fsp3) is 0.200. The number of hydrogen-bond donors (Lipinski definition) is 1. The average Bonchev–Trinajstić information content (AvgIpc) is 2.93. The molecule has 1 aromatic heterocycles. The van der Waals surface area contributed by atoms with Gasteiger partial charge < -0.3 is 14.7 Å². The Kier molecular flexibility index (Phi) is 4.59. The van der Waals surface area contributed by atoms with Crippen LogP contribution in [0.25, 0.3) is 0 Å². The van der Waals surface area contributed by atoms with Crippen LogP contribution >= 0.6 is 11.3 Å². The van der Waals surface area contributed by atoms with Gasteiger partial charge in [0.15, 0.2) is 5.60 Å². The van der Waals surface area contributed by atoms with Crippen LogP contribution in [-0.2, 0) is 4.79 Å². The van der Waals surface area contributed by atoms with Crippen molar-refractivity contribution in [2.24, 2.45) is 5.16 Å². The van der Waals surface area contributed by atoms with E-state index in [0.717, 1.165) is 10.6 Å². The van der Waals surface area contributed by atoms with Gasteiger partial charge in [0.2, 0.25) is 5.06 Å². The molecule has 0 saturated carbocycles. The number of rotatable bonds is 6. The van der Waals surface area contributed by atoms with E-state index in [2.05, 4.69) is 5.16 Å². The molecule has 0 atom stereocenters. The number of hydrogen-bond acceptors (Lipinski definition) is 5. The van der Waals surface area contributed by atoms with Gasteiger partial charge >= 0.3 is 5.97 Å². The zero-order valence-corrected chi connectivity index (χ0v) is 12.5. The Morgan fingerprint density at radius 2 is 2.00 bits per heavy atom. The maximum absolute atomic E-state index is 11.0. The summed E-state index contributed by atoms with van der Waals surface area (Å²) in [4.78, 5) is 16.2. The third-order valence-corrected chi connectivity index (χ3v) is 3.34. The van der Waals surface area contributed by atoms with Crippen LogP contribution in [0.1, 0.15) is 19.4 Å². The fourth-order valence-electron chi connectivity index (χ4n) is 1.41.